The second-order valence-electron chi connectivity index (χ2n) is 4.67. The first kappa shape index (κ1) is 14.2. The molecule has 0 unspecified atom stereocenters. The number of hydrogen-bond donors (Lipinski definition) is 1. The Bertz CT molecular complexity index is 525. The van der Waals surface area contributed by atoms with Crippen molar-refractivity contribution in [2.45, 2.75) is 32.4 Å². The first-order valence-corrected chi connectivity index (χ1v) is 8.21. The molecule has 0 aliphatic rings. The van der Waals surface area contributed by atoms with Crippen LogP contribution in [0.2, 0.25) is 0 Å². The summed E-state index contributed by atoms with van der Waals surface area (Å²) < 4.78 is 0. The third-order valence-corrected chi connectivity index (χ3v) is 4.16. The Morgan fingerprint density at radius 1 is 1.16 bits per heavy atom. The number of pyridine rings is 1. The van der Waals surface area contributed by atoms with Gasteiger partial charge in [0.2, 0.25) is 0 Å². The summed E-state index contributed by atoms with van der Waals surface area (Å²) >= 11 is 1.98. The van der Waals surface area contributed by atoms with E-state index in [2.05, 4.69) is 43.4 Å². The lowest BCUT2D eigenvalue weighted by Gasteiger charge is -2.12. The van der Waals surface area contributed by atoms with Gasteiger partial charge in [0, 0.05) is 23.2 Å². The van der Waals surface area contributed by atoms with E-state index in [0.717, 1.165) is 30.1 Å². The van der Waals surface area contributed by atoms with E-state index in [1.807, 2.05) is 17.8 Å². The van der Waals surface area contributed by atoms with Gasteiger partial charge in [0.05, 0.1) is 5.52 Å². The maximum atomic E-state index is 4.77. The fourth-order valence-electron chi connectivity index (χ4n) is 1.99. The standard InChI is InChI=1S/C16H22N2S/c1-3-9-17-16-14(12-19-10-4-2)11-13-7-5-6-8-15(13)18-16/h5-8,11H,3-4,9-10,12H2,1-2H3,(H,17,18). The van der Waals surface area contributed by atoms with Crippen molar-refractivity contribution >= 4 is 28.5 Å². The van der Waals surface area contributed by atoms with Crippen LogP contribution >= 0.6 is 11.8 Å². The monoisotopic (exact) mass is 274 g/mol. The summed E-state index contributed by atoms with van der Waals surface area (Å²) in [5.74, 6) is 3.31. The number of nitrogens with zero attached hydrogens (tertiary/aromatic N) is 1. The zero-order chi connectivity index (χ0) is 13.5. The lowest BCUT2D eigenvalue weighted by Crippen LogP contribution is -2.05. The van der Waals surface area contributed by atoms with Crippen molar-refractivity contribution in [3.05, 3.63) is 35.9 Å². The van der Waals surface area contributed by atoms with Crippen LogP contribution in [0.25, 0.3) is 10.9 Å². The smallest absolute Gasteiger partial charge is 0.130 e. The number of thioether (sulfide) groups is 1. The Balaban J connectivity index is 2.27. The van der Waals surface area contributed by atoms with Crippen LogP contribution in [0.15, 0.2) is 30.3 Å². The van der Waals surface area contributed by atoms with Gasteiger partial charge in [-0.05, 0) is 30.7 Å². The van der Waals surface area contributed by atoms with Gasteiger partial charge in [0.15, 0.2) is 0 Å². The highest BCUT2D eigenvalue weighted by Crippen LogP contribution is 2.24. The van der Waals surface area contributed by atoms with Crippen LogP contribution < -0.4 is 5.32 Å². The molecule has 1 aromatic carbocycles. The predicted octanol–water partition coefficient (Wildman–Crippen LogP) is 4.70. The number of aromatic nitrogens is 1. The molecule has 1 heterocycles. The Morgan fingerprint density at radius 2 is 2.00 bits per heavy atom. The highest BCUT2D eigenvalue weighted by molar-refractivity contribution is 7.98. The number of rotatable bonds is 7. The molecule has 1 N–H and O–H groups in total. The van der Waals surface area contributed by atoms with E-state index < -0.39 is 0 Å². The normalized spacial score (nSPS) is 10.8. The molecule has 0 atom stereocenters. The zero-order valence-corrected chi connectivity index (χ0v) is 12.6. The largest absolute Gasteiger partial charge is 0.370 e. The van der Waals surface area contributed by atoms with Gasteiger partial charge in [-0.1, -0.05) is 32.0 Å². The van der Waals surface area contributed by atoms with Crippen molar-refractivity contribution in [2.75, 3.05) is 17.6 Å². The Morgan fingerprint density at radius 3 is 2.79 bits per heavy atom. The Hall–Kier alpha value is -1.22. The summed E-state index contributed by atoms with van der Waals surface area (Å²) in [6.45, 7) is 5.39. The molecule has 0 saturated carbocycles. The third-order valence-electron chi connectivity index (χ3n) is 2.95. The number of fused-ring (bicyclic) bond motifs is 1. The quantitative estimate of drug-likeness (QED) is 0.741. The fraction of sp³-hybridized carbons (Fsp3) is 0.438. The van der Waals surface area contributed by atoms with E-state index in [-0.39, 0.29) is 0 Å². The lowest BCUT2D eigenvalue weighted by molar-refractivity contribution is 0.967. The van der Waals surface area contributed by atoms with Crippen LogP contribution in [0.1, 0.15) is 32.3 Å². The molecule has 19 heavy (non-hydrogen) atoms. The maximum absolute atomic E-state index is 4.77. The van der Waals surface area contributed by atoms with Crippen molar-refractivity contribution in [2.24, 2.45) is 0 Å². The minimum Gasteiger partial charge on any atom is -0.370 e. The number of hydrogen-bond acceptors (Lipinski definition) is 3. The van der Waals surface area contributed by atoms with Gasteiger partial charge < -0.3 is 5.32 Å². The van der Waals surface area contributed by atoms with E-state index >= 15 is 0 Å². The molecule has 2 aromatic rings. The van der Waals surface area contributed by atoms with Crippen molar-refractivity contribution in [3.63, 3.8) is 0 Å². The SMILES string of the molecule is CCCNc1nc2ccccc2cc1CSCCC. The molecule has 2 nitrogen and oxygen atoms in total. The van der Waals surface area contributed by atoms with Crippen molar-refractivity contribution in [3.8, 4) is 0 Å². The second-order valence-corrected chi connectivity index (χ2v) is 5.77. The van der Waals surface area contributed by atoms with Crippen LogP contribution in [0.5, 0.6) is 0 Å². The predicted molar refractivity (Wildman–Crippen MR) is 87.0 cm³/mol. The van der Waals surface area contributed by atoms with Crippen molar-refractivity contribution in [1.82, 2.24) is 4.98 Å². The molecule has 2 rings (SSSR count). The summed E-state index contributed by atoms with van der Waals surface area (Å²) in [5.41, 5.74) is 2.40. The van der Waals surface area contributed by atoms with Crippen LogP contribution in [-0.4, -0.2) is 17.3 Å². The summed E-state index contributed by atoms with van der Waals surface area (Å²) in [6.07, 6.45) is 2.35. The fourth-order valence-corrected chi connectivity index (χ4v) is 2.87. The second kappa shape index (κ2) is 7.39. The highest BCUT2D eigenvalue weighted by atomic mass is 32.2. The highest BCUT2D eigenvalue weighted by Gasteiger charge is 2.06. The maximum Gasteiger partial charge on any atom is 0.130 e. The van der Waals surface area contributed by atoms with E-state index in [0.29, 0.717) is 0 Å². The van der Waals surface area contributed by atoms with E-state index in [4.69, 9.17) is 4.98 Å². The Kier molecular flexibility index (Phi) is 5.52. The van der Waals surface area contributed by atoms with Gasteiger partial charge in [0.25, 0.3) is 0 Å². The average Bonchev–Trinajstić information content (AvgIpc) is 2.45. The minimum atomic E-state index is 0.983. The van der Waals surface area contributed by atoms with Crippen molar-refractivity contribution < 1.29 is 0 Å². The zero-order valence-electron chi connectivity index (χ0n) is 11.8. The van der Waals surface area contributed by atoms with Gasteiger partial charge in [-0.15, -0.1) is 0 Å². The van der Waals surface area contributed by atoms with Gasteiger partial charge in [-0.25, -0.2) is 4.98 Å². The van der Waals surface area contributed by atoms with E-state index in [9.17, 15) is 0 Å². The topological polar surface area (TPSA) is 24.9 Å². The minimum absolute atomic E-state index is 0.983. The third kappa shape index (κ3) is 3.87. The first-order valence-electron chi connectivity index (χ1n) is 7.05. The molecule has 0 spiro atoms. The van der Waals surface area contributed by atoms with E-state index in [1.54, 1.807) is 0 Å². The van der Waals surface area contributed by atoms with Gasteiger partial charge in [-0.3, -0.25) is 0 Å². The number of para-hydroxylation sites is 1. The summed E-state index contributed by atoms with van der Waals surface area (Å²) in [5, 5.41) is 4.69. The molecule has 0 radical (unpaired) electrons. The summed E-state index contributed by atoms with van der Waals surface area (Å²) in [4.78, 5) is 4.77. The molecule has 3 heteroatoms. The average molecular weight is 274 g/mol. The van der Waals surface area contributed by atoms with Crippen LogP contribution in [0.3, 0.4) is 0 Å². The first-order chi connectivity index (χ1) is 9.35. The number of benzene rings is 1. The van der Waals surface area contributed by atoms with Crippen LogP contribution in [0, 0.1) is 0 Å². The lowest BCUT2D eigenvalue weighted by atomic mass is 10.1. The van der Waals surface area contributed by atoms with Crippen molar-refractivity contribution in [1.29, 1.82) is 0 Å². The molecule has 0 fully saturated rings. The Labute approximate surface area is 120 Å². The summed E-state index contributed by atoms with van der Waals surface area (Å²) in [7, 11) is 0. The molecule has 0 amide bonds. The van der Waals surface area contributed by atoms with Gasteiger partial charge in [-0.2, -0.15) is 11.8 Å². The molecular formula is C16H22N2S. The molecule has 102 valence electrons. The molecule has 0 aliphatic carbocycles. The molecule has 0 bridgehead atoms. The van der Waals surface area contributed by atoms with Gasteiger partial charge >= 0.3 is 0 Å². The molecule has 0 saturated heterocycles. The summed E-state index contributed by atoms with van der Waals surface area (Å²) in [6, 6.07) is 10.6. The van der Waals surface area contributed by atoms with E-state index in [1.165, 1.54) is 23.1 Å². The van der Waals surface area contributed by atoms with Crippen LogP contribution in [0.4, 0.5) is 5.82 Å². The van der Waals surface area contributed by atoms with Gasteiger partial charge in [0.1, 0.15) is 5.82 Å². The molecule has 0 aliphatic heterocycles. The van der Waals surface area contributed by atoms with Crippen LogP contribution in [-0.2, 0) is 5.75 Å². The number of anilines is 1. The molecule has 1 aromatic heterocycles. The molecular weight excluding hydrogens is 252 g/mol. The number of nitrogens with one attached hydrogen (secondary N) is 1.